The van der Waals surface area contributed by atoms with Crippen LogP contribution in [0.4, 0.5) is 0 Å². The van der Waals surface area contributed by atoms with Gasteiger partial charge in [-0.2, -0.15) is 5.26 Å². The van der Waals surface area contributed by atoms with Crippen molar-refractivity contribution in [3.05, 3.63) is 65.5 Å². The normalized spacial score (nSPS) is 11.5. The van der Waals surface area contributed by atoms with E-state index in [1.165, 1.54) is 5.56 Å². The van der Waals surface area contributed by atoms with Gasteiger partial charge in [-0.25, -0.2) is 0 Å². The number of aromatic nitrogens is 1. The molecule has 1 aromatic heterocycles. The first kappa shape index (κ1) is 16.2. The summed E-state index contributed by atoms with van der Waals surface area (Å²) in [7, 11) is 0. The molecule has 24 heavy (non-hydrogen) atoms. The number of hydrogen-bond acceptors (Lipinski definition) is 3. The number of fused-ring (bicyclic) bond motifs is 1. The number of benzene rings is 2. The first-order chi connectivity index (χ1) is 11.4. The van der Waals surface area contributed by atoms with Crippen LogP contribution in [-0.4, -0.2) is 4.98 Å². The van der Waals surface area contributed by atoms with E-state index in [1.54, 1.807) is 0 Å². The van der Waals surface area contributed by atoms with Gasteiger partial charge < -0.3 is 5.73 Å². The second-order valence-corrected chi connectivity index (χ2v) is 7.03. The molecule has 3 heteroatoms. The van der Waals surface area contributed by atoms with Crippen LogP contribution in [0.25, 0.3) is 21.9 Å². The Morgan fingerprint density at radius 3 is 2.54 bits per heavy atom. The molecule has 0 saturated heterocycles. The van der Waals surface area contributed by atoms with Crippen molar-refractivity contribution in [2.45, 2.75) is 32.7 Å². The maximum absolute atomic E-state index is 9.15. The van der Waals surface area contributed by atoms with E-state index in [1.807, 2.05) is 30.5 Å². The van der Waals surface area contributed by atoms with Gasteiger partial charge in [0.1, 0.15) is 0 Å². The molecule has 3 nitrogen and oxygen atoms in total. The standard InChI is InChI=1S/C21H21N3/c1-21(2,3)16-7-8-17-18(10-16)20(12-23)24-13-19(17)15-6-4-5-14(9-15)11-22/h4-10,13H,12,23H2,1-3H3. The monoisotopic (exact) mass is 315 g/mol. The summed E-state index contributed by atoms with van der Waals surface area (Å²) < 4.78 is 0. The van der Waals surface area contributed by atoms with Gasteiger partial charge in [0.2, 0.25) is 0 Å². The molecule has 0 saturated carbocycles. The fourth-order valence-corrected chi connectivity index (χ4v) is 2.91. The third kappa shape index (κ3) is 2.89. The number of nitriles is 1. The molecular weight excluding hydrogens is 294 g/mol. The molecule has 2 aromatic carbocycles. The summed E-state index contributed by atoms with van der Waals surface area (Å²) in [5.74, 6) is 0. The fraction of sp³-hybridized carbons (Fsp3) is 0.238. The highest BCUT2D eigenvalue weighted by atomic mass is 14.7. The average molecular weight is 315 g/mol. The first-order valence-electron chi connectivity index (χ1n) is 8.07. The summed E-state index contributed by atoms with van der Waals surface area (Å²) >= 11 is 0. The Morgan fingerprint density at radius 1 is 1.08 bits per heavy atom. The summed E-state index contributed by atoms with van der Waals surface area (Å²) in [6.07, 6.45) is 1.86. The van der Waals surface area contributed by atoms with E-state index in [2.05, 4.69) is 50.0 Å². The SMILES string of the molecule is CC(C)(C)c1ccc2c(-c3cccc(C#N)c3)cnc(CN)c2c1. The average Bonchev–Trinajstić information content (AvgIpc) is 2.59. The van der Waals surface area contributed by atoms with E-state index in [-0.39, 0.29) is 5.41 Å². The second-order valence-electron chi connectivity index (χ2n) is 7.03. The van der Waals surface area contributed by atoms with Gasteiger partial charge in [-0.3, -0.25) is 4.98 Å². The molecule has 1 heterocycles. The van der Waals surface area contributed by atoms with Crippen molar-refractivity contribution in [2.75, 3.05) is 0 Å². The van der Waals surface area contributed by atoms with Crippen LogP contribution in [0, 0.1) is 11.3 Å². The van der Waals surface area contributed by atoms with Crippen LogP contribution in [0.15, 0.2) is 48.7 Å². The lowest BCUT2D eigenvalue weighted by Gasteiger charge is -2.20. The van der Waals surface area contributed by atoms with Crippen molar-refractivity contribution < 1.29 is 0 Å². The number of pyridine rings is 1. The van der Waals surface area contributed by atoms with Crippen LogP contribution >= 0.6 is 0 Å². The van der Waals surface area contributed by atoms with Gasteiger partial charge in [0, 0.05) is 23.7 Å². The van der Waals surface area contributed by atoms with E-state index >= 15 is 0 Å². The van der Waals surface area contributed by atoms with E-state index in [9.17, 15) is 0 Å². The van der Waals surface area contributed by atoms with Crippen molar-refractivity contribution in [3.8, 4) is 17.2 Å². The molecule has 0 bridgehead atoms. The lowest BCUT2D eigenvalue weighted by Crippen LogP contribution is -2.11. The third-order valence-corrected chi connectivity index (χ3v) is 4.33. The lowest BCUT2D eigenvalue weighted by atomic mass is 9.85. The molecule has 3 rings (SSSR count). The molecule has 0 aliphatic heterocycles. The van der Waals surface area contributed by atoms with Crippen LogP contribution in [-0.2, 0) is 12.0 Å². The summed E-state index contributed by atoms with van der Waals surface area (Å²) in [6, 6.07) is 16.3. The zero-order valence-corrected chi connectivity index (χ0v) is 14.3. The zero-order chi connectivity index (χ0) is 17.3. The van der Waals surface area contributed by atoms with Crippen LogP contribution in [0.5, 0.6) is 0 Å². The Hall–Kier alpha value is -2.70. The summed E-state index contributed by atoms with van der Waals surface area (Å²) in [4.78, 5) is 4.57. The minimum atomic E-state index is 0.0663. The van der Waals surface area contributed by atoms with Crippen molar-refractivity contribution in [1.82, 2.24) is 4.98 Å². The Balaban J connectivity index is 2.29. The Bertz CT molecular complexity index is 943. The van der Waals surface area contributed by atoms with Gasteiger partial charge >= 0.3 is 0 Å². The van der Waals surface area contributed by atoms with E-state index in [4.69, 9.17) is 11.0 Å². The Labute approximate surface area is 142 Å². The van der Waals surface area contributed by atoms with Crippen LogP contribution < -0.4 is 5.73 Å². The second kappa shape index (κ2) is 6.07. The van der Waals surface area contributed by atoms with Crippen LogP contribution in [0.1, 0.15) is 37.6 Å². The molecule has 0 spiro atoms. The predicted octanol–water partition coefficient (Wildman–Crippen LogP) is 4.53. The van der Waals surface area contributed by atoms with Gasteiger partial charge in [0.05, 0.1) is 17.3 Å². The maximum atomic E-state index is 9.15. The van der Waals surface area contributed by atoms with Crippen molar-refractivity contribution in [1.29, 1.82) is 5.26 Å². The fourth-order valence-electron chi connectivity index (χ4n) is 2.91. The number of hydrogen-bond donors (Lipinski definition) is 1. The third-order valence-electron chi connectivity index (χ3n) is 4.33. The molecule has 0 aliphatic rings. The Morgan fingerprint density at radius 2 is 1.88 bits per heavy atom. The van der Waals surface area contributed by atoms with E-state index in [0.717, 1.165) is 27.6 Å². The largest absolute Gasteiger partial charge is 0.325 e. The molecule has 0 unspecified atom stereocenters. The molecule has 0 amide bonds. The molecule has 0 atom stereocenters. The smallest absolute Gasteiger partial charge is 0.0991 e. The van der Waals surface area contributed by atoms with Gasteiger partial charge in [-0.05, 0) is 40.1 Å². The number of nitrogens with two attached hydrogens (primary N) is 1. The maximum Gasteiger partial charge on any atom is 0.0991 e. The number of rotatable bonds is 2. The van der Waals surface area contributed by atoms with Gasteiger partial charge in [-0.15, -0.1) is 0 Å². The van der Waals surface area contributed by atoms with Crippen LogP contribution in [0.3, 0.4) is 0 Å². The van der Waals surface area contributed by atoms with E-state index < -0.39 is 0 Å². The highest BCUT2D eigenvalue weighted by Crippen LogP contribution is 2.33. The molecule has 0 aliphatic carbocycles. The molecule has 120 valence electrons. The molecular formula is C21H21N3. The minimum Gasteiger partial charge on any atom is -0.325 e. The Kier molecular flexibility index (Phi) is 4.09. The summed E-state index contributed by atoms with van der Waals surface area (Å²) in [5, 5.41) is 11.4. The highest BCUT2D eigenvalue weighted by Gasteiger charge is 2.16. The van der Waals surface area contributed by atoms with Crippen molar-refractivity contribution >= 4 is 10.8 Å². The molecule has 2 N–H and O–H groups in total. The van der Waals surface area contributed by atoms with Crippen LogP contribution in [0.2, 0.25) is 0 Å². The van der Waals surface area contributed by atoms with Crippen molar-refractivity contribution in [2.24, 2.45) is 5.73 Å². The van der Waals surface area contributed by atoms with Gasteiger partial charge in [0.15, 0.2) is 0 Å². The molecule has 0 radical (unpaired) electrons. The molecule has 0 fully saturated rings. The quantitative estimate of drug-likeness (QED) is 0.755. The lowest BCUT2D eigenvalue weighted by molar-refractivity contribution is 0.591. The first-order valence-corrected chi connectivity index (χ1v) is 8.07. The summed E-state index contributed by atoms with van der Waals surface area (Å²) in [5.41, 5.74) is 10.8. The minimum absolute atomic E-state index is 0.0663. The van der Waals surface area contributed by atoms with Gasteiger partial charge in [0.25, 0.3) is 0 Å². The molecule has 3 aromatic rings. The highest BCUT2D eigenvalue weighted by molar-refractivity contribution is 5.98. The van der Waals surface area contributed by atoms with E-state index in [0.29, 0.717) is 12.1 Å². The zero-order valence-electron chi connectivity index (χ0n) is 14.3. The van der Waals surface area contributed by atoms with Crippen molar-refractivity contribution in [3.63, 3.8) is 0 Å². The topological polar surface area (TPSA) is 62.7 Å². The number of nitrogens with zero attached hydrogens (tertiary/aromatic N) is 2. The predicted molar refractivity (Wildman–Crippen MR) is 98.5 cm³/mol. The summed E-state index contributed by atoms with van der Waals surface area (Å²) in [6.45, 7) is 7.00. The van der Waals surface area contributed by atoms with Gasteiger partial charge in [-0.1, -0.05) is 45.0 Å².